The highest BCUT2D eigenvalue weighted by atomic mass is 19.1. The first-order valence-electron chi connectivity index (χ1n) is 4.05. The van der Waals surface area contributed by atoms with E-state index in [1.165, 1.54) is 23.0 Å². The lowest BCUT2D eigenvalue weighted by Crippen LogP contribution is -1.94. The minimum absolute atomic E-state index is 0.328. The van der Waals surface area contributed by atoms with Crippen molar-refractivity contribution in [2.45, 2.75) is 0 Å². The largest absolute Gasteiger partial charge is 0.298 e. The van der Waals surface area contributed by atoms with E-state index in [0.29, 0.717) is 17.5 Å². The molecule has 14 heavy (non-hydrogen) atoms. The molecule has 0 aliphatic carbocycles. The quantitative estimate of drug-likeness (QED) is 0.677. The lowest BCUT2D eigenvalue weighted by molar-refractivity contribution is 0.112. The molecule has 70 valence electrons. The number of hydrogen-bond acceptors (Lipinski definition) is 2. The van der Waals surface area contributed by atoms with E-state index in [9.17, 15) is 9.18 Å². The molecule has 0 saturated carbocycles. The molecule has 0 N–H and O–H groups in total. The minimum atomic E-state index is -0.328. The Morgan fingerprint density at radius 2 is 2.29 bits per heavy atom. The number of rotatable bonds is 2. The summed E-state index contributed by atoms with van der Waals surface area (Å²) in [5, 5.41) is 3.92. The fraction of sp³-hybridized carbons (Fsp3) is 0. The lowest BCUT2D eigenvalue weighted by Gasteiger charge is -1.99. The summed E-state index contributed by atoms with van der Waals surface area (Å²) < 4.78 is 14.3. The van der Waals surface area contributed by atoms with Crippen LogP contribution in [0.1, 0.15) is 10.4 Å². The molecule has 0 bridgehead atoms. The third kappa shape index (κ3) is 1.54. The summed E-state index contributed by atoms with van der Waals surface area (Å²) in [6.07, 6.45) is 3.67. The van der Waals surface area contributed by atoms with E-state index in [-0.39, 0.29) is 5.82 Å². The van der Waals surface area contributed by atoms with Crippen molar-refractivity contribution in [3.63, 3.8) is 0 Å². The van der Waals surface area contributed by atoms with Crippen molar-refractivity contribution in [1.29, 1.82) is 0 Å². The molecule has 2 aromatic rings. The molecule has 1 aromatic carbocycles. The van der Waals surface area contributed by atoms with Crippen LogP contribution >= 0.6 is 0 Å². The van der Waals surface area contributed by atoms with E-state index in [1.807, 2.05) is 0 Å². The number of carbonyl (C=O) groups is 1. The Kier molecular flexibility index (Phi) is 2.10. The molecule has 0 fully saturated rings. The maximum atomic E-state index is 12.8. The molecule has 1 heterocycles. The van der Waals surface area contributed by atoms with Crippen LogP contribution in [0.5, 0.6) is 0 Å². The highest BCUT2D eigenvalue weighted by Crippen LogP contribution is 2.08. The SMILES string of the molecule is O=Cc1cnn(-c2cccc(F)c2)c1. The van der Waals surface area contributed by atoms with E-state index in [2.05, 4.69) is 5.10 Å². The van der Waals surface area contributed by atoms with E-state index < -0.39 is 0 Å². The minimum Gasteiger partial charge on any atom is -0.298 e. The van der Waals surface area contributed by atoms with Gasteiger partial charge in [-0.05, 0) is 18.2 Å². The summed E-state index contributed by atoms with van der Waals surface area (Å²) in [5.74, 6) is -0.328. The van der Waals surface area contributed by atoms with Crippen LogP contribution in [0.15, 0.2) is 36.7 Å². The number of hydrogen-bond donors (Lipinski definition) is 0. The van der Waals surface area contributed by atoms with Gasteiger partial charge in [-0.15, -0.1) is 0 Å². The van der Waals surface area contributed by atoms with Gasteiger partial charge in [-0.2, -0.15) is 5.10 Å². The second-order valence-electron chi connectivity index (χ2n) is 2.82. The maximum Gasteiger partial charge on any atom is 0.153 e. The molecule has 1 aromatic heterocycles. The molecular formula is C10H7FN2O. The van der Waals surface area contributed by atoms with Crippen LogP contribution < -0.4 is 0 Å². The first kappa shape index (κ1) is 8.62. The van der Waals surface area contributed by atoms with Crippen molar-refractivity contribution in [3.05, 3.63) is 48.0 Å². The summed E-state index contributed by atoms with van der Waals surface area (Å²) in [7, 11) is 0. The Balaban J connectivity index is 2.43. The fourth-order valence-electron chi connectivity index (χ4n) is 1.16. The fourth-order valence-corrected chi connectivity index (χ4v) is 1.16. The summed E-state index contributed by atoms with van der Waals surface area (Å²) in [6.45, 7) is 0. The number of benzene rings is 1. The lowest BCUT2D eigenvalue weighted by atomic mass is 10.3. The van der Waals surface area contributed by atoms with Crippen molar-refractivity contribution < 1.29 is 9.18 Å². The zero-order valence-electron chi connectivity index (χ0n) is 7.22. The maximum absolute atomic E-state index is 12.8. The Labute approximate surface area is 79.8 Å². The average Bonchev–Trinajstić information content (AvgIpc) is 2.66. The predicted octanol–water partition coefficient (Wildman–Crippen LogP) is 1.82. The number of carbonyl (C=O) groups excluding carboxylic acids is 1. The van der Waals surface area contributed by atoms with E-state index in [4.69, 9.17) is 0 Å². The smallest absolute Gasteiger partial charge is 0.153 e. The van der Waals surface area contributed by atoms with Gasteiger partial charge in [0.15, 0.2) is 6.29 Å². The third-order valence-corrected chi connectivity index (χ3v) is 1.81. The molecule has 3 nitrogen and oxygen atoms in total. The van der Waals surface area contributed by atoms with Crippen molar-refractivity contribution in [1.82, 2.24) is 9.78 Å². The molecule has 0 saturated heterocycles. The predicted molar refractivity (Wildman–Crippen MR) is 48.9 cm³/mol. The third-order valence-electron chi connectivity index (χ3n) is 1.81. The van der Waals surface area contributed by atoms with Gasteiger partial charge in [0.05, 0.1) is 17.4 Å². The van der Waals surface area contributed by atoms with Crippen LogP contribution in [0.3, 0.4) is 0 Å². The molecule has 2 rings (SSSR count). The first-order chi connectivity index (χ1) is 6.79. The van der Waals surface area contributed by atoms with Gasteiger partial charge in [0, 0.05) is 6.20 Å². The van der Waals surface area contributed by atoms with E-state index in [0.717, 1.165) is 0 Å². The standard InChI is InChI=1S/C10H7FN2O/c11-9-2-1-3-10(4-9)13-6-8(7-14)5-12-13/h1-7H. The van der Waals surface area contributed by atoms with Gasteiger partial charge in [0.2, 0.25) is 0 Å². The number of aldehydes is 1. The summed E-state index contributed by atoms with van der Waals surface area (Å²) in [6, 6.07) is 6.01. The normalized spacial score (nSPS) is 10.1. The monoisotopic (exact) mass is 190 g/mol. The molecule has 0 spiro atoms. The number of nitrogens with zero attached hydrogens (tertiary/aromatic N) is 2. The van der Waals surface area contributed by atoms with Crippen LogP contribution in [0.4, 0.5) is 4.39 Å². The van der Waals surface area contributed by atoms with Gasteiger partial charge in [0.1, 0.15) is 5.82 Å². The van der Waals surface area contributed by atoms with Crippen molar-refractivity contribution in [2.75, 3.05) is 0 Å². The molecule has 0 aliphatic rings. The number of aromatic nitrogens is 2. The van der Waals surface area contributed by atoms with Gasteiger partial charge < -0.3 is 0 Å². The van der Waals surface area contributed by atoms with Crippen LogP contribution in [-0.2, 0) is 0 Å². The van der Waals surface area contributed by atoms with Crippen LogP contribution in [0.2, 0.25) is 0 Å². The molecular weight excluding hydrogens is 183 g/mol. The Morgan fingerprint density at radius 3 is 2.93 bits per heavy atom. The highest BCUT2D eigenvalue weighted by molar-refractivity contribution is 5.73. The molecule has 0 unspecified atom stereocenters. The average molecular weight is 190 g/mol. The molecule has 0 aliphatic heterocycles. The summed E-state index contributed by atoms with van der Waals surface area (Å²) in [4.78, 5) is 10.4. The van der Waals surface area contributed by atoms with E-state index in [1.54, 1.807) is 18.3 Å². The topological polar surface area (TPSA) is 34.9 Å². The molecule has 4 heteroatoms. The van der Waals surface area contributed by atoms with Crippen LogP contribution in [0.25, 0.3) is 5.69 Å². The zero-order valence-corrected chi connectivity index (χ0v) is 7.22. The Bertz CT molecular complexity index is 465. The first-order valence-corrected chi connectivity index (χ1v) is 4.05. The molecule has 0 amide bonds. The van der Waals surface area contributed by atoms with Crippen LogP contribution in [-0.4, -0.2) is 16.1 Å². The van der Waals surface area contributed by atoms with E-state index >= 15 is 0 Å². The molecule has 0 radical (unpaired) electrons. The number of halogens is 1. The van der Waals surface area contributed by atoms with Crippen molar-refractivity contribution in [2.24, 2.45) is 0 Å². The van der Waals surface area contributed by atoms with Gasteiger partial charge in [-0.25, -0.2) is 9.07 Å². The van der Waals surface area contributed by atoms with Crippen molar-refractivity contribution in [3.8, 4) is 5.69 Å². The second kappa shape index (κ2) is 3.41. The Hall–Kier alpha value is -1.97. The summed E-state index contributed by atoms with van der Waals surface area (Å²) in [5.41, 5.74) is 1.06. The molecule has 0 atom stereocenters. The second-order valence-corrected chi connectivity index (χ2v) is 2.82. The summed E-state index contributed by atoms with van der Waals surface area (Å²) >= 11 is 0. The van der Waals surface area contributed by atoms with Gasteiger partial charge in [0.25, 0.3) is 0 Å². The van der Waals surface area contributed by atoms with Crippen LogP contribution in [0, 0.1) is 5.82 Å². The highest BCUT2D eigenvalue weighted by Gasteiger charge is 2.00. The van der Waals surface area contributed by atoms with Gasteiger partial charge in [-0.3, -0.25) is 4.79 Å². The van der Waals surface area contributed by atoms with Gasteiger partial charge in [-0.1, -0.05) is 6.07 Å². The Morgan fingerprint density at radius 1 is 1.43 bits per heavy atom. The van der Waals surface area contributed by atoms with Gasteiger partial charge >= 0.3 is 0 Å². The van der Waals surface area contributed by atoms with Crippen molar-refractivity contribution >= 4 is 6.29 Å². The zero-order chi connectivity index (χ0) is 9.97.